The van der Waals surface area contributed by atoms with Gasteiger partial charge in [0, 0.05) is 11.6 Å². The first-order chi connectivity index (χ1) is 15.1. The molecular weight excluding hydrogens is 458 g/mol. The van der Waals surface area contributed by atoms with Crippen LogP contribution in [0.5, 0.6) is 0 Å². The van der Waals surface area contributed by atoms with Crippen LogP contribution in [0.15, 0.2) is 35.2 Å². The molecule has 2 aromatic carbocycles. The van der Waals surface area contributed by atoms with E-state index in [-0.39, 0.29) is 22.9 Å². The Morgan fingerprint density at radius 2 is 1.88 bits per heavy atom. The third kappa shape index (κ3) is 3.70. The molecule has 2 heterocycles. The van der Waals surface area contributed by atoms with E-state index in [1.54, 1.807) is 24.3 Å². The number of nitrogens with zero attached hydrogens (tertiary/aromatic N) is 4. The van der Waals surface area contributed by atoms with Gasteiger partial charge >= 0.3 is 0 Å². The summed E-state index contributed by atoms with van der Waals surface area (Å²) in [7, 11) is -7.62. The van der Waals surface area contributed by atoms with Crippen LogP contribution in [0.2, 0.25) is 0 Å². The number of imidazole rings is 1. The number of para-hydroxylation sites is 1. The van der Waals surface area contributed by atoms with E-state index >= 15 is 0 Å². The van der Waals surface area contributed by atoms with Gasteiger partial charge in [-0.25, -0.2) is 27.0 Å². The number of fused-ring (bicyclic) bond motifs is 1. The first kappa shape index (κ1) is 21.8. The highest BCUT2D eigenvalue weighted by molar-refractivity contribution is 7.89. The van der Waals surface area contributed by atoms with E-state index in [4.69, 9.17) is 16.6 Å². The van der Waals surface area contributed by atoms with Gasteiger partial charge in [-0.3, -0.25) is 0 Å². The smallest absolute Gasteiger partial charge is 0.239 e. The van der Waals surface area contributed by atoms with E-state index in [2.05, 4.69) is 30.6 Å². The quantitative estimate of drug-likeness (QED) is 0.197. The van der Waals surface area contributed by atoms with Crippen molar-refractivity contribution in [2.24, 2.45) is 10.9 Å². The Bertz CT molecular complexity index is 1480. The molecule has 13 nitrogen and oxygen atoms in total. The molecule has 2 atom stereocenters. The number of hydrogen-bond acceptors (Lipinski definition) is 10. The molecule has 0 aliphatic rings. The standard InChI is InChI=1S/C17H19N9O4S2/c1-7(18)14(31(27)28)10-6-5-8(9-3-2-4-11-13(9)22-17(19)21-11)12(15(10)32(20,29)30)16-23-25-26-24-16/h2-7,14,31H,18H2,1H3,(H3,19,21,22)(H2,20,29,30)(H,23,24,25,26)/t7-,14?/m1/s1. The number of benzene rings is 2. The topological polar surface area (TPSA) is 229 Å². The number of anilines is 1. The predicted octanol–water partition coefficient (Wildman–Crippen LogP) is -0.361. The molecule has 0 saturated heterocycles. The minimum atomic E-state index is -4.48. The van der Waals surface area contributed by atoms with Crippen molar-refractivity contribution in [3.8, 4) is 22.5 Å². The number of primary sulfonamides is 1. The van der Waals surface area contributed by atoms with Gasteiger partial charge in [-0.2, -0.15) is 5.21 Å². The average Bonchev–Trinajstić information content (AvgIpc) is 3.34. The van der Waals surface area contributed by atoms with Gasteiger partial charge in [0.15, 0.2) is 5.95 Å². The molecule has 0 bridgehead atoms. The minimum absolute atomic E-state index is 0.0321. The van der Waals surface area contributed by atoms with Crippen LogP contribution < -0.4 is 16.6 Å². The van der Waals surface area contributed by atoms with Crippen LogP contribution >= 0.6 is 0 Å². The highest BCUT2D eigenvalue weighted by Crippen LogP contribution is 2.41. The summed E-state index contributed by atoms with van der Waals surface area (Å²) in [5.74, 6) is 0.0631. The van der Waals surface area contributed by atoms with Crippen molar-refractivity contribution in [1.29, 1.82) is 0 Å². The van der Waals surface area contributed by atoms with Gasteiger partial charge in [0.2, 0.25) is 15.8 Å². The summed E-state index contributed by atoms with van der Waals surface area (Å²) in [6.07, 6.45) is 0. The zero-order valence-corrected chi connectivity index (χ0v) is 18.3. The summed E-state index contributed by atoms with van der Waals surface area (Å²) in [4.78, 5) is 6.72. The van der Waals surface area contributed by atoms with Crippen molar-refractivity contribution in [3.63, 3.8) is 0 Å². The van der Waals surface area contributed by atoms with Crippen LogP contribution in [0.25, 0.3) is 33.5 Å². The second-order valence-electron chi connectivity index (χ2n) is 7.10. The Labute approximate surface area is 183 Å². The summed E-state index contributed by atoms with van der Waals surface area (Å²) in [5.41, 5.74) is 13.5. The van der Waals surface area contributed by atoms with Crippen LogP contribution in [-0.2, 0) is 20.7 Å². The Morgan fingerprint density at radius 1 is 1.12 bits per heavy atom. The van der Waals surface area contributed by atoms with Crippen LogP contribution in [0, 0.1) is 0 Å². The molecular formula is C17H19N9O4S2. The third-order valence-electron chi connectivity index (χ3n) is 4.91. The Hall–Kier alpha value is -3.40. The molecule has 0 amide bonds. The summed E-state index contributed by atoms with van der Waals surface area (Å²) in [6.45, 7) is 1.46. The van der Waals surface area contributed by atoms with Gasteiger partial charge in [0.05, 0.1) is 26.7 Å². The molecule has 0 aliphatic heterocycles. The predicted molar refractivity (Wildman–Crippen MR) is 117 cm³/mol. The summed E-state index contributed by atoms with van der Waals surface area (Å²) < 4.78 is 49.6. The van der Waals surface area contributed by atoms with Gasteiger partial charge in [-0.05, 0) is 29.3 Å². The van der Waals surface area contributed by atoms with Crippen LogP contribution in [0.1, 0.15) is 17.7 Å². The molecule has 1 unspecified atom stereocenters. The number of tetrazole rings is 1. The molecule has 15 heteroatoms. The maximum atomic E-state index is 12.8. The van der Waals surface area contributed by atoms with E-state index in [1.807, 2.05) is 0 Å². The van der Waals surface area contributed by atoms with E-state index < -0.39 is 36.9 Å². The van der Waals surface area contributed by atoms with E-state index in [0.29, 0.717) is 22.2 Å². The van der Waals surface area contributed by atoms with E-state index in [0.717, 1.165) is 0 Å². The average molecular weight is 478 g/mol. The Balaban J connectivity index is 2.18. The van der Waals surface area contributed by atoms with Gasteiger partial charge in [-0.15, -0.1) is 10.2 Å². The number of aromatic amines is 2. The molecule has 168 valence electrons. The second kappa shape index (κ2) is 7.94. The van der Waals surface area contributed by atoms with Crippen molar-refractivity contribution in [3.05, 3.63) is 35.9 Å². The normalized spacial score (nSPS) is 14.1. The number of thiol groups is 1. The lowest BCUT2D eigenvalue weighted by molar-refractivity contribution is 0.579. The van der Waals surface area contributed by atoms with Crippen LogP contribution in [-0.4, -0.2) is 53.5 Å². The summed E-state index contributed by atoms with van der Waals surface area (Å²) in [6, 6.07) is 7.16. The molecule has 0 spiro atoms. The molecule has 0 radical (unpaired) electrons. The summed E-state index contributed by atoms with van der Waals surface area (Å²) in [5, 5.41) is 17.9. The molecule has 0 fully saturated rings. The first-order valence-electron chi connectivity index (χ1n) is 9.16. The molecule has 4 aromatic rings. The maximum absolute atomic E-state index is 12.8. The lowest BCUT2D eigenvalue weighted by Gasteiger charge is -2.21. The maximum Gasteiger partial charge on any atom is 0.239 e. The van der Waals surface area contributed by atoms with Gasteiger partial charge in [0.25, 0.3) is 0 Å². The largest absolute Gasteiger partial charge is 0.369 e. The van der Waals surface area contributed by atoms with Gasteiger partial charge < -0.3 is 16.5 Å². The summed E-state index contributed by atoms with van der Waals surface area (Å²) >= 11 is 0. The fourth-order valence-corrected chi connectivity index (χ4v) is 5.63. The number of rotatable bonds is 6. The van der Waals surface area contributed by atoms with Crippen molar-refractivity contribution in [1.82, 2.24) is 30.6 Å². The number of nitrogens with one attached hydrogen (secondary N) is 2. The molecule has 4 rings (SSSR count). The number of hydrogen-bond donors (Lipinski definition) is 6. The van der Waals surface area contributed by atoms with E-state index in [1.165, 1.54) is 13.0 Å². The first-order valence-corrected chi connectivity index (χ1v) is 12.0. The number of nitrogen functional groups attached to an aromatic ring is 1. The molecule has 2 aromatic heterocycles. The SMILES string of the molecule is C[C@@H](N)C(c1ccc(-c2cccc3[nH]c(N)nc23)c(-c2nn[nH]n2)c1S(N)(=O)=O)[SH](=O)=O. The van der Waals surface area contributed by atoms with Crippen LogP contribution in [0.4, 0.5) is 5.95 Å². The monoisotopic (exact) mass is 477 g/mol. The van der Waals surface area contributed by atoms with Gasteiger partial charge in [-0.1, -0.05) is 24.3 Å². The molecule has 0 aliphatic carbocycles. The lowest BCUT2D eigenvalue weighted by atomic mass is 9.94. The third-order valence-corrected chi connectivity index (χ3v) is 7.12. The van der Waals surface area contributed by atoms with Crippen molar-refractivity contribution in [2.75, 3.05) is 5.73 Å². The minimum Gasteiger partial charge on any atom is -0.369 e. The van der Waals surface area contributed by atoms with Crippen molar-refractivity contribution < 1.29 is 16.8 Å². The number of nitrogens with two attached hydrogens (primary N) is 3. The molecule has 0 saturated carbocycles. The van der Waals surface area contributed by atoms with Crippen molar-refractivity contribution >= 4 is 37.7 Å². The zero-order chi connectivity index (χ0) is 23.2. The fourth-order valence-electron chi connectivity index (χ4n) is 3.71. The number of aromatic nitrogens is 6. The highest BCUT2D eigenvalue weighted by Gasteiger charge is 2.33. The highest BCUT2D eigenvalue weighted by atomic mass is 32.2. The van der Waals surface area contributed by atoms with Crippen molar-refractivity contribution in [2.45, 2.75) is 23.1 Å². The Kier molecular flexibility index (Phi) is 5.41. The zero-order valence-electron chi connectivity index (χ0n) is 16.6. The number of H-pyrrole nitrogens is 2. The molecule has 32 heavy (non-hydrogen) atoms. The van der Waals surface area contributed by atoms with Gasteiger partial charge in [0.1, 0.15) is 10.7 Å². The molecule has 8 N–H and O–H groups in total. The second-order valence-corrected chi connectivity index (χ2v) is 9.73. The van der Waals surface area contributed by atoms with Crippen LogP contribution in [0.3, 0.4) is 0 Å². The Morgan fingerprint density at radius 3 is 2.47 bits per heavy atom. The lowest BCUT2D eigenvalue weighted by Crippen LogP contribution is -2.28. The fraction of sp³-hybridized carbons (Fsp3) is 0.176. The number of sulfonamides is 1. The van der Waals surface area contributed by atoms with E-state index in [9.17, 15) is 16.8 Å².